The monoisotopic (exact) mass is 195 g/mol. The van der Waals surface area contributed by atoms with Crippen molar-refractivity contribution in [3.05, 3.63) is 0 Å². The molecule has 0 N–H and O–H groups in total. The largest absolute Gasteiger partial charge is 0.298 e. The van der Waals surface area contributed by atoms with Gasteiger partial charge in [-0.1, -0.05) is 6.92 Å². The van der Waals surface area contributed by atoms with Crippen LogP contribution >= 0.6 is 0 Å². The van der Waals surface area contributed by atoms with Crippen molar-refractivity contribution in [2.45, 2.75) is 64.6 Å². The van der Waals surface area contributed by atoms with Gasteiger partial charge in [0.2, 0.25) is 0 Å². The van der Waals surface area contributed by atoms with Crippen LogP contribution in [0.25, 0.3) is 0 Å². The molecule has 0 spiro atoms. The maximum atomic E-state index is 11.8. The molecule has 3 atom stereocenters. The van der Waals surface area contributed by atoms with E-state index in [-0.39, 0.29) is 11.6 Å². The summed E-state index contributed by atoms with van der Waals surface area (Å²) in [6, 6.07) is 0.944. The highest BCUT2D eigenvalue weighted by Gasteiger charge is 2.56. The van der Waals surface area contributed by atoms with Crippen LogP contribution in [0.4, 0.5) is 0 Å². The lowest BCUT2D eigenvalue weighted by atomic mass is 9.99. The Kier molecular flexibility index (Phi) is 2.22. The van der Waals surface area contributed by atoms with E-state index in [0.717, 1.165) is 18.4 Å². The van der Waals surface area contributed by atoms with Crippen molar-refractivity contribution < 1.29 is 4.79 Å². The lowest BCUT2D eigenvalue weighted by molar-refractivity contribution is -0.125. The molecule has 1 aliphatic heterocycles. The number of ketones is 1. The molecule has 80 valence electrons. The topological polar surface area (TPSA) is 20.3 Å². The fourth-order valence-corrected chi connectivity index (χ4v) is 2.94. The standard InChI is InChI=1S/C12H21NO/c1-5-11(14)10-7-8-6-9(8)13(10)12(2,3)4/h8-10H,5-7H2,1-4H3. The Morgan fingerprint density at radius 1 is 1.36 bits per heavy atom. The van der Waals surface area contributed by atoms with Crippen LogP contribution in [0.15, 0.2) is 0 Å². The number of likely N-dealkylation sites (tertiary alicyclic amines) is 1. The molecule has 3 unspecified atom stereocenters. The molecule has 2 rings (SSSR count). The number of rotatable bonds is 2. The van der Waals surface area contributed by atoms with Gasteiger partial charge in [0.1, 0.15) is 5.78 Å². The van der Waals surface area contributed by atoms with Gasteiger partial charge < -0.3 is 0 Å². The summed E-state index contributed by atoms with van der Waals surface area (Å²) in [7, 11) is 0. The lowest BCUT2D eigenvalue weighted by Gasteiger charge is -2.38. The zero-order chi connectivity index (χ0) is 10.5. The van der Waals surface area contributed by atoms with Crippen LogP contribution in [0.5, 0.6) is 0 Å². The second-order valence-corrected chi connectivity index (χ2v) is 5.71. The van der Waals surface area contributed by atoms with E-state index in [0.29, 0.717) is 12.2 Å². The van der Waals surface area contributed by atoms with Gasteiger partial charge in [0.25, 0.3) is 0 Å². The van der Waals surface area contributed by atoms with Crippen molar-refractivity contribution in [1.82, 2.24) is 4.90 Å². The Morgan fingerprint density at radius 3 is 2.50 bits per heavy atom. The van der Waals surface area contributed by atoms with E-state index in [4.69, 9.17) is 0 Å². The Morgan fingerprint density at radius 2 is 2.00 bits per heavy atom. The molecule has 0 radical (unpaired) electrons. The van der Waals surface area contributed by atoms with Gasteiger partial charge in [-0.05, 0) is 39.5 Å². The minimum atomic E-state index is 0.158. The van der Waals surface area contributed by atoms with Gasteiger partial charge in [-0.3, -0.25) is 9.69 Å². The summed E-state index contributed by atoms with van der Waals surface area (Å²) in [5.74, 6) is 1.27. The minimum absolute atomic E-state index is 0.158. The van der Waals surface area contributed by atoms with Crippen molar-refractivity contribution in [3.63, 3.8) is 0 Å². The summed E-state index contributed by atoms with van der Waals surface area (Å²) >= 11 is 0. The molecule has 2 aliphatic rings. The summed E-state index contributed by atoms with van der Waals surface area (Å²) in [6.45, 7) is 8.66. The first-order valence-corrected chi connectivity index (χ1v) is 5.76. The molecule has 1 saturated heterocycles. The number of carbonyl (C=O) groups excluding carboxylic acids is 1. The SMILES string of the molecule is CCC(=O)C1CC2CC2N1C(C)(C)C. The van der Waals surface area contributed by atoms with Gasteiger partial charge in [0.05, 0.1) is 6.04 Å². The first-order valence-electron chi connectivity index (χ1n) is 5.76. The van der Waals surface area contributed by atoms with E-state index in [9.17, 15) is 4.79 Å². The average Bonchev–Trinajstić information content (AvgIpc) is 2.72. The van der Waals surface area contributed by atoms with Crippen molar-refractivity contribution in [2.75, 3.05) is 0 Å². The number of hydrogen-bond donors (Lipinski definition) is 0. The Hall–Kier alpha value is -0.370. The molecule has 0 aromatic rings. The first-order chi connectivity index (χ1) is 6.45. The van der Waals surface area contributed by atoms with Crippen LogP contribution in [0, 0.1) is 5.92 Å². The van der Waals surface area contributed by atoms with Crippen LogP contribution in [0.2, 0.25) is 0 Å². The van der Waals surface area contributed by atoms with Crippen LogP contribution in [-0.2, 0) is 4.79 Å². The zero-order valence-electron chi connectivity index (χ0n) is 9.71. The summed E-state index contributed by atoms with van der Waals surface area (Å²) in [4.78, 5) is 14.3. The maximum Gasteiger partial charge on any atom is 0.149 e. The third-order valence-corrected chi connectivity index (χ3v) is 3.60. The van der Waals surface area contributed by atoms with E-state index >= 15 is 0 Å². The molecule has 0 amide bonds. The van der Waals surface area contributed by atoms with E-state index in [1.807, 2.05) is 6.92 Å². The van der Waals surface area contributed by atoms with Crippen LogP contribution in [-0.4, -0.2) is 28.3 Å². The highest BCUT2D eigenvalue weighted by molar-refractivity contribution is 5.84. The highest BCUT2D eigenvalue weighted by Crippen LogP contribution is 2.51. The molecule has 0 aromatic carbocycles. The molecular weight excluding hydrogens is 174 g/mol. The molecule has 1 aliphatic carbocycles. The smallest absolute Gasteiger partial charge is 0.149 e. The highest BCUT2D eigenvalue weighted by atomic mass is 16.1. The van der Waals surface area contributed by atoms with Gasteiger partial charge in [-0.2, -0.15) is 0 Å². The molecule has 1 saturated carbocycles. The van der Waals surface area contributed by atoms with Crippen LogP contribution in [0.1, 0.15) is 47.0 Å². The number of carbonyl (C=O) groups is 1. The molecule has 2 nitrogen and oxygen atoms in total. The number of piperidine rings is 1. The Balaban J connectivity index is 2.15. The summed E-state index contributed by atoms with van der Waals surface area (Å²) in [5, 5.41) is 0. The number of Topliss-reactive ketones (excluding diaryl/α,β-unsaturated/α-hetero) is 1. The van der Waals surface area contributed by atoms with E-state index in [2.05, 4.69) is 25.7 Å². The van der Waals surface area contributed by atoms with E-state index < -0.39 is 0 Å². The summed E-state index contributed by atoms with van der Waals surface area (Å²) in [6.07, 6.45) is 3.13. The summed E-state index contributed by atoms with van der Waals surface area (Å²) < 4.78 is 0. The number of fused-ring (bicyclic) bond motifs is 1. The van der Waals surface area contributed by atoms with E-state index in [1.54, 1.807) is 0 Å². The van der Waals surface area contributed by atoms with E-state index in [1.165, 1.54) is 6.42 Å². The Bertz CT molecular complexity index is 254. The minimum Gasteiger partial charge on any atom is -0.298 e. The molecular formula is C12H21NO. The fourth-order valence-electron chi connectivity index (χ4n) is 2.94. The van der Waals surface area contributed by atoms with Crippen LogP contribution < -0.4 is 0 Å². The fraction of sp³-hybridized carbons (Fsp3) is 0.917. The molecule has 14 heavy (non-hydrogen) atoms. The van der Waals surface area contributed by atoms with Gasteiger partial charge >= 0.3 is 0 Å². The van der Waals surface area contributed by atoms with Crippen molar-refractivity contribution in [1.29, 1.82) is 0 Å². The predicted octanol–water partition coefficient (Wildman–Crippen LogP) is 2.23. The molecule has 0 bridgehead atoms. The first kappa shape index (κ1) is 10.2. The van der Waals surface area contributed by atoms with Crippen molar-refractivity contribution in [2.24, 2.45) is 5.92 Å². The second-order valence-electron chi connectivity index (χ2n) is 5.71. The van der Waals surface area contributed by atoms with Crippen molar-refractivity contribution in [3.8, 4) is 0 Å². The average molecular weight is 195 g/mol. The molecule has 2 fully saturated rings. The van der Waals surface area contributed by atoms with Gasteiger partial charge in [-0.25, -0.2) is 0 Å². The molecule has 2 heteroatoms. The van der Waals surface area contributed by atoms with Gasteiger partial charge in [-0.15, -0.1) is 0 Å². The Labute approximate surface area is 86.7 Å². The second kappa shape index (κ2) is 3.06. The number of hydrogen-bond acceptors (Lipinski definition) is 2. The predicted molar refractivity (Wildman–Crippen MR) is 57.2 cm³/mol. The number of nitrogens with zero attached hydrogens (tertiary/aromatic N) is 1. The quantitative estimate of drug-likeness (QED) is 0.673. The molecule has 1 heterocycles. The third-order valence-electron chi connectivity index (χ3n) is 3.60. The maximum absolute atomic E-state index is 11.8. The van der Waals surface area contributed by atoms with Crippen LogP contribution in [0.3, 0.4) is 0 Å². The zero-order valence-corrected chi connectivity index (χ0v) is 9.71. The lowest BCUT2D eigenvalue weighted by Crippen LogP contribution is -2.49. The van der Waals surface area contributed by atoms with Crippen molar-refractivity contribution >= 4 is 5.78 Å². The van der Waals surface area contributed by atoms with Gasteiger partial charge in [0, 0.05) is 18.0 Å². The van der Waals surface area contributed by atoms with Gasteiger partial charge in [0.15, 0.2) is 0 Å². The summed E-state index contributed by atoms with van der Waals surface area (Å²) in [5.41, 5.74) is 0.158. The third kappa shape index (κ3) is 1.50. The molecule has 0 aromatic heterocycles. The normalized spacial score (nSPS) is 37.0.